The van der Waals surface area contributed by atoms with Crippen LogP contribution in [0.15, 0.2) is 23.1 Å². The van der Waals surface area contributed by atoms with Gasteiger partial charge in [-0.2, -0.15) is 13.2 Å². The fraction of sp³-hybridized carbons (Fsp3) is 0.316. The lowest BCUT2D eigenvalue weighted by atomic mass is 10.0. The number of rotatable bonds is 8. The number of hydrogen-bond acceptors (Lipinski definition) is 7. The number of halogens is 3. The smallest absolute Gasteiger partial charge is 0.418 e. The second kappa shape index (κ2) is 9.12. The van der Waals surface area contributed by atoms with Crippen molar-refractivity contribution in [2.45, 2.75) is 24.5 Å². The lowest BCUT2D eigenvalue weighted by Crippen LogP contribution is -2.27. The number of sulfonamides is 1. The van der Waals surface area contributed by atoms with Crippen molar-refractivity contribution >= 4 is 21.7 Å². The van der Waals surface area contributed by atoms with Gasteiger partial charge in [0.25, 0.3) is 0 Å². The highest BCUT2D eigenvalue weighted by molar-refractivity contribution is 7.89. The average molecular weight is 478 g/mol. The van der Waals surface area contributed by atoms with E-state index in [2.05, 4.69) is 4.72 Å². The zero-order valence-electron chi connectivity index (χ0n) is 17.5. The van der Waals surface area contributed by atoms with Gasteiger partial charge in [-0.05, 0) is 18.6 Å². The van der Waals surface area contributed by atoms with E-state index in [1.54, 1.807) is 0 Å². The van der Waals surface area contributed by atoms with Crippen molar-refractivity contribution in [1.82, 2.24) is 4.72 Å². The number of methoxy groups -OCH3 is 3. The van der Waals surface area contributed by atoms with Crippen molar-refractivity contribution in [2.24, 2.45) is 0 Å². The quantitative estimate of drug-likeness (QED) is 0.493. The molecule has 4 N–H and O–H groups in total. The highest BCUT2D eigenvalue weighted by atomic mass is 32.2. The molecule has 0 aliphatic heterocycles. The third kappa shape index (κ3) is 4.83. The Labute approximate surface area is 181 Å². The molecule has 0 radical (unpaired) electrons. The van der Waals surface area contributed by atoms with Gasteiger partial charge in [-0.3, -0.25) is 0 Å². The van der Waals surface area contributed by atoms with Crippen molar-refractivity contribution in [2.75, 3.05) is 27.1 Å². The monoisotopic (exact) mass is 478 g/mol. The van der Waals surface area contributed by atoms with E-state index in [4.69, 9.17) is 19.9 Å². The summed E-state index contributed by atoms with van der Waals surface area (Å²) in [7, 11) is -0.571. The van der Waals surface area contributed by atoms with Crippen LogP contribution in [0.3, 0.4) is 0 Å². The fourth-order valence-electron chi connectivity index (χ4n) is 3.10. The van der Waals surface area contributed by atoms with Crippen LogP contribution in [0.2, 0.25) is 0 Å². The van der Waals surface area contributed by atoms with Gasteiger partial charge in [-0.15, -0.1) is 0 Å². The first-order valence-electron chi connectivity index (χ1n) is 8.80. The number of carbonyl (C=O) groups is 1. The van der Waals surface area contributed by atoms with E-state index in [1.165, 1.54) is 33.5 Å². The average Bonchev–Trinajstić information content (AvgIpc) is 2.70. The Morgan fingerprint density at radius 3 is 2.03 bits per heavy atom. The number of benzene rings is 2. The molecule has 0 fully saturated rings. The summed E-state index contributed by atoms with van der Waals surface area (Å²) in [5.74, 6) is -1.05. The number of carboxylic acids is 1. The molecule has 0 bridgehead atoms. The molecule has 0 saturated heterocycles. The molecule has 0 heterocycles. The predicted molar refractivity (Wildman–Crippen MR) is 108 cm³/mol. The second-order valence-corrected chi connectivity index (χ2v) is 8.21. The lowest BCUT2D eigenvalue weighted by Gasteiger charge is -2.19. The maximum absolute atomic E-state index is 13.5. The van der Waals surface area contributed by atoms with Crippen LogP contribution in [0.25, 0.3) is 0 Å². The number of carboxylic acid groups (broad SMARTS) is 1. The molecule has 0 unspecified atom stereocenters. The molecule has 0 aromatic heterocycles. The van der Waals surface area contributed by atoms with E-state index < -0.39 is 56.0 Å². The van der Waals surface area contributed by atoms with Crippen LogP contribution in [0.5, 0.6) is 17.2 Å². The van der Waals surface area contributed by atoms with Gasteiger partial charge in [0.1, 0.15) is 17.2 Å². The Bertz CT molecular complexity index is 1120. The summed E-state index contributed by atoms with van der Waals surface area (Å²) >= 11 is 0. The summed E-state index contributed by atoms with van der Waals surface area (Å²) in [6.07, 6.45) is -5.08. The first-order chi connectivity index (χ1) is 14.8. The van der Waals surface area contributed by atoms with E-state index in [-0.39, 0.29) is 17.1 Å². The summed E-state index contributed by atoms with van der Waals surface area (Å²) in [4.78, 5) is 10.5. The molecule has 2 aromatic carbocycles. The van der Waals surface area contributed by atoms with E-state index >= 15 is 0 Å². The Morgan fingerprint density at radius 2 is 1.62 bits per heavy atom. The molecule has 0 aliphatic rings. The van der Waals surface area contributed by atoms with Crippen molar-refractivity contribution in [3.8, 4) is 17.2 Å². The number of nitrogens with two attached hydrogens (primary N) is 1. The second-order valence-electron chi connectivity index (χ2n) is 6.47. The molecule has 13 heteroatoms. The van der Waals surface area contributed by atoms with Gasteiger partial charge in [0.05, 0.1) is 48.6 Å². The van der Waals surface area contributed by atoms with Crippen LogP contribution in [-0.4, -0.2) is 40.8 Å². The minimum atomic E-state index is -5.08. The third-order valence-electron chi connectivity index (χ3n) is 4.64. The Balaban J connectivity index is 2.59. The number of anilines is 1. The lowest BCUT2D eigenvalue weighted by molar-refractivity contribution is -0.137. The molecule has 9 nitrogen and oxygen atoms in total. The SMILES string of the molecule is COc1cc(OC)c(CNS(=O)(=O)c2cc(C(=O)O)c(N)c(C(F)(F)F)c2C)c(OC)c1. The van der Waals surface area contributed by atoms with E-state index in [0.717, 1.165) is 6.92 Å². The maximum Gasteiger partial charge on any atom is 0.418 e. The summed E-state index contributed by atoms with van der Waals surface area (Å²) in [6.45, 7) is 0.459. The first-order valence-corrected chi connectivity index (χ1v) is 10.3. The Hall–Kier alpha value is -3.19. The summed E-state index contributed by atoms with van der Waals surface area (Å²) in [5.41, 5.74) is 1.31. The number of nitrogens with one attached hydrogen (secondary N) is 1. The molecule has 2 aromatic rings. The molecule has 176 valence electrons. The zero-order chi connectivity index (χ0) is 24.4. The molecule has 32 heavy (non-hydrogen) atoms. The number of hydrogen-bond donors (Lipinski definition) is 3. The number of alkyl halides is 3. The van der Waals surface area contributed by atoms with Gasteiger partial charge in [0.2, 0.25) is 10.0 Å². The van der Waals surface area contributed by atoms with E-state index in [9.17, 15) is 31.5 Å². The summed E-state index contributed by atoms with van der Waals surface area (Å²) in [5, 5.41) is 9.22. The molecule has 0 saturated carbocycles. The Morgan fingerprint density at radius 1 is 1.09 bits per heavy atom. The zero-order valence-corrected chi connectivity index (χ0v) is 18.3. The normalized spacial score (nSPS) is 11.8. The fourth-order valence-corrected chi connectivity index (χ4v) is 4.36. The predicted octanol–water partition coefficient (Wildman–Crippen LogP) is 2.80. The van der Waals surface area contributed by atoms with Crippen molar-refractivity contribution in [1.29, 1.82) is 0 Å². The van der Waals surface area contributed by atoms with Crippen LogP contribution < -0.4 is 24.7 Å². The number of nitrogen functional groups attached to an aromatic ring is 1. The van der Waals surface area contributed by atoms with Crippen LogP contribution in [-0.2, 0) is 22.7 Å². The van der Waals surface area contributed by atoms with Crippen molar-refractivity contribution < 1.29 is 45.7 Å². The molecular weight excluding hydrogens is 457 g/mol. The minimum Gasteiger partial charge on any atom is -0.496 e. The summed E-state index contributed by atoms with van der Waals surface area (Å²) in [6, 6.07) is 3.52. The van der Waals surface area contributed by atoms with Gasteiger partial charge >= 0.3 is 12.1 Å². The molecule has 0 spiro atoms. The third-order valence-corrected chi connectivity index (χ3v) is 6.17. The number of ether oxygens (including phenoxy) is 3. The molecule has 0 atom stereocenters. The number of aromatic carboxylic acids is 1. The maximum atomic E-state index is 13.5. The van der Waals surface area contributed by atoms with Crippen LogP contribution in [0, 0.1) is 6.92 Å². The molecule has 0 aliphatic carbocycles. The van der Waals surface area contributed by atoms with Crippen LogP contribution in [0.1, 0.15) is 27.0 Å². The van der Waals surface area contributed by atoms with Crippen LogP contribution in [0.4, 0.5) is 18.9 Å². The van der Waals surface area contributed by atoms with Gasteiger partial charge < -0.3 is 25.1 Å². The minimum absolute atomic E-state index is 0.195. The topological polar surface area (TPSA) is 137 Å². The first kappa shape index (κ1) is 25.1. The summed E-state index contributed by atoms with van der Waals surface area (Å²) < 4.78 is 84.0. The highest BCUT2D eigenvalue weighted by Crippen LogP contribution is 2.40. The van der Waals surface area contributed by atoms with Crippen molar-refractivity contribution in [3.05, 3.63) is 40.5 Å². The largest absolute Gasteiger partial charge is 0.496 e. The van der Waals surface area contributed by atoms with Crippen molar-refractivity contribution in [3.63, 3.8) is 0 Å². The molecular formula is C19H21F3N2O7S. The standard InChI is InChI=1S/C19H21F3N2O7S/c1-9-15(7-11(18(25)26)17(23)16(9)19(20,21)22)32(27,28)24-8-12-13(30-3)5-10(29-2)6-14(12)31-4/h5-7,24H,8,23H2,1-4H3,(H,25,26). The molecule has 0 amide bonds. The van der Waals surface area contributed by atoms with Gasteiger partial charge in [-0.1, -0.05) is 0 Å². The Kier molecular flexibility index (Phi) is 7.15. The highest BCUT2D eigenvalue weighted by Gasteiger charge is 2.39. The van der Waals surface area contributed by atoms with Gasteiger partial charge in [0, 0.05) is 18.7 Å². The van der Waals surface area contributed by atoms with E-state index in [1.807, 2.05) is 0 Å². The van der Waals surface area contributed by atoms with Gasteiger partial charge in [-0.25, -0.2) is 17.9 Å². The van der Waals surface area contributed by atoms with Crippen LogP contribution >= 0.6 is 0 Å². The van der Waals surface area contributed by atoms with E-state index in [0.29, 0.717) is 11.8 Å². The molecule has 2 rings (SSSR count). The van der Waals surface area contributed by atoms with Gasteiger partial charge in [0.15, 0.2) is 0 Å².